The Hall–Kier alpha value is -1.92. The maximum Gasteiger partial charge on any atom is 0.269 e. The van der Waals surface area contributed by atoms with Crippen LogP contribution < -0.4 is 5.73 Å². The quantitative estimate of drug-likeness (QED) is 0.576. The molecule has 0 fully saturated rings. The molecule has 0 aliphatic heterocycles. The van der Waals surface area contributed by atoms with Crippen molar-refractivity contribution in [3.63, 3.8) is 0 Å². The number of hydrogen-bond acceptors (Lipinski definition) is 4. The van der Waals surface area contributed by atoms with Gasteiger partial charge in [-0.05, 0) is 6.42 Å². The van der Waals surface area contributed by atoms with E-state index in [9.17, 15) is 4.79 Å². The smallest absolute Gasteiger partial charge is 0.269 e. The van der Waals surface area contributed by atoms with Crippen LogP contribution in [-0.4, -0.2) is 35.0 Å². The highest BCUT2D eigenvalue weighted by atomic mass is 16.1. The molecule has 0 saturated heterocycles. The zero-order chi connectivity index (χ0) is 12.1. The first-order valence-corrected chi connectivity index (χ1v) is 5.02. The molecule has 3 N–H and O–H groups in total. The molecule has 0 spiro atoms. The fraction of sp³-hybridized carbons (Fsp3) is 0.556. The number of aromatic nitrogens is 2. The second kappa shape index (κ2) is 5.24. The van der Waals surface area contributed by atoms with Crippen molar-refractivity contribution < 1.29 is 4.79 Å². The molecule has 1 amide bonds. The Morgan fingerprint density at radius 1 is 1.56 bits per heavy atom. The van der Waals surface area contributed by atoms with Crippen LogP contribution in [0.3, 0.4) is 0 Å². The fourth-order valence-corrected chi connectivity index (χ4v) is 1.14. The number of nitrogens with two attached hydrogens (primary N) is 1. The van der Waals surface area contributed by atoms with Gasteiger partial charge in [-0.1, -0.05) is 12.1 Å². The van der Waals surface area contributed by atoms with Gasteiger partial charge in [0.15, 0.2) is 5.69 Å². The number of amides is 1. The van der Waals surface area contributed by atoms with Crippen LogP contribution in [0.2, 0.25) is 0 Å². The predicted octanol–water partition coefficient (Wildman–Crippen LogP) is 1.02. The lowest BCUT2D eigenvalue weighted by molar-refractivity contribution is 0.0996. The second-order valence-electron chi connectivity index (χ2n) is 3.53. The molecule has 1 aromatic rings. The van der Waals surface area contributed by atoms with E-state index in [2.05, 4.69) is 20.3 Å². The summed E-state index contributed by atoms with van der Waals surface area (Å²) < 4.78 is 0. The normalized spacial score (nSPS) is 10.9. The van der Waals surface area contributed by atoms with Gasteiger partial charge in [-0.3, -0.25) is 9.80 Å². The number of H-pyrrole nitrogens is 1. The number of carbonyl (C=O) groups excluding carboxylic acids is 1. The van der Waals surface area contributed by atoms with E-state index >= 15 is 0 Å². The molecule has 16 heavy (non-hydrogen) atoms. The van der Waals surface area contributed by atoms with Crippen LogP contribution in [0.5, 0.6) is 0 Å². The van der Waals surface area contributed by atoms with Gasteiger partial charge in [-0.25, -0.2) is 4.98 Å². The third kappa shape index (κ3) is 3.04. The first-order valence-electron chi connectivity index (χ1n) is 5.02. The number of nitrogens with zero attached hydrogens (tertiary/aromatic N) is 4. The minimum absolute atomic E-state index is 0.203. The molecule has 0 bridgehead atoms. The van der Waals surface area contributed by atoms with E-state index in [1.165, 1.54) is 5.01 Å². The van der Waals surface area contributed by atoms with E-state index in [4.69, 9.17) is 5.73 Å². The van der Waals surface area contributed by atoms with Crippen molar-refractivity contribution in [3.05, 3.63) is 11.5 Å². The van der Waals surface area contributed by atoms with Gasteiger partial charge in [-0.2, -0.15) is 0 Å². The molecular weight excluding hydrogens is 208 g/mol. The van der Waals surface area contributed by atoms with Crippen molar-refractivity contribution >= 4 is 11.7 Å². The summed E-state index contributed by atoms with van der Waals surface area (Å²) in [6.45, 7) is 2.02. The number of nitrogens with one attached hydrogen (secondary N) is 1. The summed E-state index contributed by atoms with van der Waals surface area (Å²) in [4.78, 5) is 18.1. The van der Waals surface area contributed by atoms with E-state index in [0.717, 1.165) is 12.8 Å². The first-order chi connectivity index (χ1) is 7.54. The lowest BCUT2D eigenvalue weighted by atomic mass is 10.3. The van der Waals surface area contributed by atoms with Gasteiger partial charge >= 0.3 is 0 Å². The molecule has 0 aromatic carbocycles. The van der Waals surface area contributed by atoms with Crippen molar-refractivity contribution in [2.75, 3.05) is 14.1 Å². The van der Waals surface area contributed by atoms with Crippen LogP contribution in [0.25, 0.3) is 0 Å². The Morgan fingerprint density at radius 3 is 2.75 bits per heavy atom. The van der Waals surface area contributed by atoms with E-state index in [-0.39, 0.29) is 11.5 Å². The Labute approximate surface area is 93.7 Å². The third-order valence-corrected chi connectivity index (χ3v) is 1.79. The van der Waals surface area contributed by atoms with Gasteiger partial charge in [0.05, 0.1) is 0 Å². The molecule has 0 saturated carbocycles. The summed E-state index contributed by atoms with van der Waals surface area (Å²) in [5.41, 5.74) is 5.41. The minimum Gasteiger partial charge on any atom is -0.364 e. The van der Waals surface area contributed by atoms with Gasteiger partial charge in [0.25, 0.3) is 5.91 Å². The molecule has 0 radical (unpaired) electrons. The van der Waals surface area contributed by atoms with Gasteiger partial charge < -0.3 is 10.7 Å². The van der Waals surface area contributed by atoms with E-state index < -0.39 is 5.91 Å². The summed E-state index contributed by atoms with van der Waals surface area (Å²) >= 11 is 0. The number of carbonyl (C=O) groups is 1. The third-order valence-electron chi connectivity index (χ3n) is 1.79. The summed E-state index contributed by atoms with van der Waals surface area (Å²) in [7, 11) is 3.46. The maximum atomic E-state index is 11.1. The highest BCUT2D eigenvalue weighted by Gasteiger charge is 2.14. The highest BCUT2D eigenvalue weighted by molar-refractivity contribution is 5.95. The SMILES string of the molecule is CCCc1nc(/N=N/N(C)C)c(C(N)=O)[nH]1. The predicted molar refractivity (Wildman–Crippen MR) is 59.3 cm³/mol. The fourth-order valence-electron chi connectivity index (χ4n) is 1.14. The number of primary amides is 1. The Morgan fingerprint density at radius 2 is 2.25 bits per heavy atom. The number of rotatable bonds is 5. The van der Waals surface area contributed by atoms with Gasteiger partial charge in [-0.15, -0.1) is 5.11 Å². The largest absolute Gasteiger partial charge is 0.364 e. The van der Waals surface area contributed by atoms with Crippen LogP contribution in [-0.2, 0) is 6.42 Å². The van der Waals surface area contributed by atoms with Crippen molar-refractivity contribution in [1.82, 2.24) is 15.0 Å². The lowest BCUT2D eigenvalue weighted by Gasteiger charge is -1.98. The molecule has 7 heteroatoms. The van der Waals surface area contributed by atoms with Crippen LogP contribution in [0.1, 0.15) is 29.7 Å². The average Bonchev–Trinajstić information content (AvgIpc) is 2.59. The molecular formula is C9H16N6O. The van der Waals surface area contributed by atoms with Crippen LogP contribution in [0.4, 0.5) is 5.82 Å². The molecule has 7 nitrogen and oxygen atoms in total. The minimum atomic E-state index is -0.581. The topological polar surface area (TPSA) is 99.7 Å². The van der Waals surface area contributed by atoms with Crippen LogP contribution >= 0.6 is 0 Å². The molecule has 1 aromatic heterocycles. The highest BCUT2D eigenvalue weighted by Crippen LogP contribution is 2.17. The van der Waals surface area contributed by atoms with Gasteiger partial charge in [0.2, 0.25) is 5.82 Å². The van der Waals surface area contributed by atoms with Crippen molar-refractivity contribution in [2.24, 2.45) is 16.1 Å². The first kappa shape index (κ1) is 12.2. The Kier molecular flexibility index (Phi) is 3.98. The summed E-state index contributed by atoms with van der Waals surface area (Å²) in [6.07, 6.45) is 1.67. The van der Waals surface area contributed by atoms with E-state index in [1.807, 2.05) is 6.92 Å². The Balaban J connectivity index is 3.00. The number of aryl methyl sites for hydroxylation is 1. The molecule has 0 aliphatic rings. The van der Waals surface area contributed by atoms with Crippen molar-refractivity contribution in [1.29, 1.82) is 0 Å². The monoisotopic (exact) mass is 224 g/mol. The van der Waals surface area contributed by atoms with Crippen molar-refractivity contribution in [2.45, 2.75) is 19.8 Å². The maximum absolute atomic E-state index is 11.1. The molecule has 1 rings (SSSR count). The van der Waals surface area contributed by atoms with Crippen LogP contribution in [0, 0.1) is 0 Å². The Bertz CT molecular complexity index is 395. The van der Waals surface area contributed by atoms with Gasteiger partial charge in [0.1, 0.15) is 5.82 Å². The van der Waals surface area contributed by atoms with Crippen molar-refractivity contribution in [3.8, 4) is 0 Å². The average molecular weight is 224 g/mol. The molecule has 1 heterocycles. The summed E-state index contributed by atoms with van der Waals surface area (Å²) in [5, 5.41) is 9.13. The van der Waals surface area contributed by atoms with Crippen LogP contribution in [0.15, 0.2) is 10.3 Å². The number of imidazole rings is 1. The molecule has 0 unspecified atom stereocenters. The number of aromatic amines is 1. The molecule has 0 atom stereocenters. The standard InChI is InChI=1S/C9H16N6O/c1-4-5-6-11-7(8(10)16)9(12-6)13-14-15(2)3/h4-5H2,1-3H3,(H2,10,16)(H,11,12)/b14-13+. The second-order valence-corrected chi connectivity index (χ2v) is 3.53. The zero-order valence-corrected chi connectivity index (χ0v) is 9.69. The zero-order valence-electron chi connectivity index (χ0n) is 9.69. The summed E-state index contributed by atoms with van der Waals surface area (Å²) in [5.74, 6) is 0.358. The number of hydrogen-bond donors (Lipinski definition) is 2. The summed E-state index contributed by atoms with van der Waals surface area (Å²) in [6, 6.07) is 0. The molecule has 0 aliphatic carbocycles. The lowest BCUT2D eigenvalue weighted by Crippen LogP contribution is -2.11. The van der Waals surface area contributed by atoms with E-state index in [1.54, 1.807) is 14.1 Å². The van der Waals surface area contributed by atoms with E-state index in [0.29, 0.717) is 5.82 Å². The molecule has 88 valence electrons. The van der Waals surface area contributed by atoms with Gasteiger partial charge in [0, 0.05) is 20.5 Å².